The van der Waals surface area contributed by atoms with E-state index in [1.54, 1.807) is 24.5 Å². The molecule has 4 nitrogen and oxygen atoms in total. The van der Waals surface area contributed by atoms with Crippen LogP contribution in [0.25, 0.3) is 11.4 Å². The smallest absolute Gasteiger partial charge is 0.115 e. The Hall–Kier alpha value is -2.04. The van der Waals surface area contributed by atoms with Crippen LogP contribution < -0.4 is 0 Å². The molecule has 19 heavy (non-hydrogen) atoms. The van der Waals surface area contributed by atoms with Crippen LogP contribution in [0.2, 0.25) is 0 Å². The van der Waals surface area contributed by atoms with Gasteiger partial charge >= 0.3 is 0 Å². The van der Waals surface area contributed by atoms with Crippen LogP contribution in [-0.2, 0) is 4.74 Å². The van der Waals surface area contributed by atoms with Crippen LogP contribution >= 0.6 is 0 Å². The van der Waals surface area contributed by atoms with Gasteiger partial charge in [-0.3, -0.25) is 9.97 Å². The second-order valence-corrected chi connectivity index (χ2v) is 4.37. The topological polar surface area (TPSA) is 55.2 Å². The number of aromatic nitrogens is 2. The van der Waals surface area contributed by atoms with Crippen molar-refractivity contribution in [3.05, 3.63) is 60.4 Å². The Morgan fingerprint density at radius 1 is 1.16 bits per heavy atom. The van der Waals surface area contributed by atoms with Gasteiger partial charge in [0.15, 0.2) is 0 Å². The molecule has 0 aliphatic heterocycles. The Labute approximate surface area is 111 Å². The molecule has 0 saturated heterocycles. The van der Waals surface area contributed by atoms with Gasteiger partial charge in [0.05, 0.1) is 18.0 Å². The summed E-state index contributed by atoms with van der Waals surface area (Å²) in [7, 11) is 0. The zero-order valence-electron chi connectivity index (χ0n) is 10.4. The fourth-order valence-corrected chi connectivity index (χ4v) is 2.39. The summed E-state index contributed by atoms with van der Waals surface area (Å²) in [4.78, 5) is 8.70. The van der Waals surface area contributed by atoms with Gasteiger partial charge in [-0.2, -0.15) is 0 Å². The molecule has 0 amide bonds. The number of pyridine rings is 2. The second kappa shape index (κ2) is 4.91. The molecular weight excluding hydrogens is 240 g/mol. The minimum absolute atomic E-state index is 0.381. The molecule has 2 atom stereocenters. The molecule has 2 aromatic rings. The van der Waals surface area contributed by atoms with Crippen LogP contribution in [0.1, 0.15) is 23.3 Å². The molecule has 1 aliphatic rings. The third-order valence-corrected chi connectivity index (χ3v) is 3.21. The third kappa shape index (κ3) is 1.95. The van der Waals surface area contributed by atoms with Crippen molar-refractivity contribution in [1.29, 1.82) is 0 Å². The number of aliphatic hydroxyl groups is 1. The Morgan fingerprint density at radius 2 is 1.79 bits per heavy atom. The van der Waals surface area contributed by atoms with Crippen molar-refractivity contribution in [3.8, 4) is 11.4 Å². The fourth-order valence-electron chi connectivity index (χ4n) is 2.39. The normalized spacial score (nSPS) is 20.5. The summed E-state index contributed by atoms with van der Waals surface area (Å²) in [6, 6.07) is 7.41. The minimum Gasteiger partial charge on any atom is -0.385 e. The van der Waals surface area contributed by atoms with Gasteiger partial charge in [-0.05, 0) is 12.1 Å². The third-order valence-electron chi connectivity index (χ3n) is 3.21. The average molecular weight is 254 g/mol. The summed E-state index contributed by atoms with van der Waals surface area (Å²) in [6.45, 7) is 4.02. The molecule has 0 bridgehead atoms. The van der Waals surface area contributed by atoms with Gasteiger partial charge in [0.2, 0.25) is 0 Å². The quantitative estimate of drug-likeness (QED) is 0.855. The zero-order valence-corrected chi connectivity index (χ0v) is 10.4. The average Bonchev–Trinajstić information content (AvgIpc) is 2.47. The second-order valence-electron chi connectivity index (χ2n) is 4.37. The van der Waals surface area contributed by atoms with E-state index < -0.39 is 12.2 Å². The Balaban J connectivity index is 2.14. The maximum Gasteiger partial charge on any atom is 0.115 e. The van der Waals surface area contributed by atoms with Gasteiger partial charge in [0, 0.05) is 23.5 Å². The van der Waals surface area contributed by atoms with Gasteiger partial charge < -0.3 is 9.84 Å². The predicted octanol–water partition coefficient (Wildman–Crippen LogP) is 2.43. The summed E-state index contributed by atoms with van der Waals surface area (Å²) in [5, 5.41) is 10.5. The molecule has 0 spiro atoms. The fraction of sp³-hybridized carbons (Fsp3) is 0.200. The molecule has 0 fully saturated rings. The standard InChI is InChI=1S/C15H14N2O2/c1-2-9-19-15-11-6-4-8-17-13(11)12-10(14(15)18)5-3-7-16-12/h2-8,14-15,18H,1,9H2/t14-,15-/m0/s1. The maximum absolute atomic E-state index is 10.5. The molecule has 1 aliphatic carbocycles. The van der Waals surface area contributed by atoms with E-state index in [0.29, 0.717) is 6.61 Å². The lowest BCUT2D eigenvalue weighted by atomic mass is 9.88. The summed E-state index contributed by atoms with van der Waals surface area (Å²) in [6.07, 6.45) is 3.93. The largest absolute Gasteiger partial charge is 0.385 e. The van der Waals surface area contributed by atoms with Crippen LogP contribution in [0, 0.1) is 0 Å². The van der Waals surface area contributed by atoms with Crippen LogP contribution in [-0.4, -0.2) is 21.7 Å². The Morgan fingerprint density at radius 3 is 2.47 bits per heavy atom. The number of rotatable bonds is 3. The molecule has 0 unspecified atom stereocenters. The van der Waals surface area contributed by atoms with Gasteiger partial charge in [0.1, 0.15) is 12.2 Å². The SMILES string of the molecule is C=CCO[C@H]1c2cccnc2-c2ncccc2[C@@H]1O. The summed E-state index contributed by atoms with van der Waals surface area (Å²) in [5.41, 5.74) is 3.12. The highest BCUT2D eigenvalue weighted by atomic mass is 16.5. The summed E-state index contributed by atoms with van der Waals surface area (Å²) < 4.78 is 5.69. The van der Waals surface area contributed by atoms with Crippen LogP contribution in [0.15, 0.2) is 49.3 Å². The molecule has 2 aromatic heterocycles. The summed E-state index contributed by atoms with van der Waals surface area (Å²) in [5.74, 6) is 0. The molecule has 2 heterocycles. The van der Waals surface area contributed by atoms with Gasteiger partial charge in [0.25, 0.3) is 0 Å². The lowest BCUT2D eigenvalue weighted by Gasteiger charge is -2.30. The van der Waals surface area contributed by atoms with E-state index in [0.717, 1.165) is 22.5 Å². The first-order valence-corrected chi connectivity index (χ1v) is 6.13. The molecule has 3 rings (SSSR count). The van der Waals surface area contributed by atoms with E-state index >= 15 is 0 Å². The van der Waals surface area contributed by atoms with Crippen molar-refractivity contribution < 1.29 is 9.84 Å². The molecule has 4 heteroatoms. The zero-order chi connectivity index (χ0) is 13.2. The van der Waals surface area contributed by atoms with E-state index in [-0.39, 0.29) is 0 Å². The van der Waals surface area contributed by atoms with Gasteiger partial charge in [-0.15, -0.1) is 6.58 Å². The Kier molecular flexibility index (Phi) is 3.11. The predicted molar refractivity (Wildman–Crippen MR) is 71.3 cm³/mol. The van der Waals surface area contributed by atoms with Crippen molar-refractivity contribution in [3.63, 3.8) is 0 Å². The van der Waals surface area contributed by atoms with E-state index in [2.05, 4.69) is 16.5 Å². The first kappa shape index (κ1) is 12.0. The first-order chi connectivity index (χ1) is 9.33. The molecule has 1 N–H and O–H groups in total. The highest BCUT2D eigenvalue weighted by Crippen LogP contribution is 2.43. The lowest BCUT2D eigenvalue weighted by molar-refractivity contribution is -0.0316. The number of hydrogen-bond donors (Lipinski definition) is 1. The number of nitrogens with zero attached hydrogens (tertiary/aromatic N) is 2. The number of ether oxygens (including phenoxy) is 1. The highest BCUT2D eigenvalue weighted by Gasteiger charge is 2.34. The van der Waals surface area contributed by atoms with Crippen molar-refractivity contribution in [2.24, 2.45) is 0 Å². The molecule has 0 saturated carbocycles. The van der Waals surface area contributed by atoms with E-state index in [1.165, 1.54) is 0 Å². The van der Waals surface area contributed by atoms with Gasteiger partial charge in [-0.25, -0.2) is 0 Å². The van der Waals surface area contributed by atoms with Crippen molar-refractivity contribution in [2.75, 3.05) is 6.61 Å². The summed E-state index contributed by atoms with van der Waals surface area (Å²) >= 11 is 0. The van der Waals surface area contributed by atoms with Crippen molar-refractivity contribution in [2.45, 2.75) is 12.2 Å². The minimum atomic E-state index is -0.736. The van der Waals surface area contributed by atoms with E-state index in [4.69, 9.17) is 4.74 Å². The maximum atomic E-state index is 10.5. The number of aliphatic hydroxyl groups excluding tert-OH is 1. The van der Waals surface area contributed by atoms with Crippen molar-refractivity contribution in [1.82, 2.24) is 9.97 Å². The molecule has 96 valence electrons. The number of fused-ring (bicyclic) bond motifs is 3. The number of hydrogen-bond acceptors (Lipinski definition) is 4. The van der Waals surface area contributed by atoms with Gasteiger partial charge in [-0.1, -0.05) is 18.2 Å². The van der Waals surface area contributed by atoms with Crippen LogP contribution in [0.5, 0.6) is 0 Å². The molecular formula is C15H14N2O2. The molecule has 0 radical (unpaired) electrons. The van der Waals surface area contributed by atoms with E-state index in [9.17, 15) is 5.11 Å². The van der Waals surface area contributed by atoms with Crippen LogP contribution in [0.3, 0.4) is 0 Å². The highest BCUT2D eigenvalue weighted by molar-refractivity contribution is 5.67. The Bertz CT molecular complexity index is 613. The first-order valence-electron chi connectivity index (χ1n) is 6.13. The van der Waals surface area contributed by atoms with Crippen molar-refractivity contribution >= 4 is 0 Å². The molecule has 0 aromatic carbocycles. The van der Waals surface area contributed by atoms with E-state index in [1.807, 2.05) is 18.2 Å². The monoisotopic (exact) mass is 254 g/mol. The lowest BCUT2D eigenvalue weighted by Crippen LogP contribution is -2.21. The van der Waals surface area contributed by atoms with Crippen LogP contribution in [0.4, 0.5) is 0 Å².